The van der Waals surface area contributed by atoms with E-state index in [1.165, 1.54) is 6.33 Å². The average molecular weight is 343 g/mol. The number of nitrogens with zero attached hydrogens (tertiary/aromatic N) is 4. The molecule has 0 atom stereocenters. The average Bonchev–Trinajstić information content (AvgIpc) is 2.73. The molecule has 0 unspecified atom stereocenters. The third-order valence-corrected chi connectivity index (χ3v) is 4.15. The van der Waals surface area contributed by atoms with E-state index in [0.717, 1.165) is 39.2 Å². The first kappa shape index (κ1) is 16.0. The molecule has 0 saturated carbocycles. The van der Waals surface area contributed by atoms with E-state index < -0.39 is 0 Å². The Labute approximate surface area is 150 Å². The van der Waals surface area contributed by atoms with E-state index in [1.54, 1.807) is 19.5 Å². The van der Waals surface area contributed by atoms with E-state index in [-0.39, 0.29) is 0 Å². The Balaban J connectivity index is 1.86. The van der Waals surface area contributed by atoms with Crippen molar-refractivity contribution in [1.82, 2.24) is 19.9 Å². The number of nitrogens with one attached hydrogen (secondary N) is 1. The van der Waals surface area contributed by atoms with E-state index >= 15 is 0 Å². The Morgan fingerprint density at radius 2 is 1.69 bits per heavy atom. The first-order valence-electron chi connectivity index (χ1n) is 8.18. The predicted molar refractivity (Wildman–Crippen MR) is 102 cm³/mol. The normalized spacial score (nSPS) is 10.7. The molecular weight excluding hydrogens is 326 g/mol. The smallest absolute Gasteiger partial charge is 0.165 e. The summed E-state index contributed by atoms with van der Waals surface area (Å²) in [4.78, 5) is 17.4. The van der Waals surface area contributed by atoms with Crippen LogP contribution >= 0.6 is 0 Å². The summed E-state index contributed by atoms with van der Waals surface area (Å²) in [6.45, 7) is 0. The summed E-state index contributed by atoms with van der Waals surface area (Å²) in [6.07, 6.45) is 4.90. The monoisotopic (exact) mass is 343 g/mol. The summed E-state index contributed by atoms with van der Waals surface area (Å²) < 4.78 is 5.32. The highest BCUT2D eigenvalue weighted by atomic mass is 16.5. The van der Waals surface area contributed by atoms with Gasteiger partial charge >= 0.3 is 0 Å². The highest BCUT2D eigenvalue weighted by molar-refractivity contribution is 5.93. The number of hydrogen-bond acceptors (Lipinski definition) is 6. The maximum absolute atomic E-state index is 5.32. The Hall–Kier alpha value is -3.54. The quantitative estimate of drug-likeness (QED) is 0.607. The van der Waals surface area contributed by atoms with Crippen LogP contribution in [0, 0.1) is 0 Å². The van der Waals surface area contributed by atoms with Gasteiger partial charge in [0.25, 0.3) is 0 Å². The van der Waals surface area contributed by atoms with E-state index in [1.807, 2.05) is 31.3 Å². The number of hydrogen-bond donors (Lipinski definition) is 1. The first-order chi connectivity index (χ1) is 12.8. The lowest BCUT2D eigenvalue weighted by molar-refractivity contribution is 0.415. The molecule has 0 aliphatic carbocycles. The molecule has 4 rings (SSSR count). The number of ether oxygens (including phenoxy) is 1. The van der Waals surface area contributed by atoms with Gasteiger partial charge in [-0.15, -0.1) is 0 Å². The maximum atomic E-state index is 5.32. The third-order valence-electron chi connectivity index (χ3n) is 4.15. The molecule has 2 heterocycles. The molecule has 128 valence electrons. The van der Waals surface area contributed by atoms with Gasteiger partial charge in [-0.1, -0.05) is 18.2 Å². The van der Waals surface area contributed by atoms with Crippen molar-refractivity contribution in [2.24, 2.45) is 0 Å². The zero-order valence-corrected chi connectivity index (χ0v) is 14.5. The van der Waals surface area contributed by atoms with Crippen molar-refractivity contribution < 1.29 is 4.74 Å². The second-order valence-corrected chi connectivity index (χ2v) is 5.74. The Kier molecular flexibility index (Phi) is 4.15. The van der Waals surface area contributed by atoms with Gasteiger partial charge in [-0.3, -0.25) is 0 Å². The van der Waals surface area contributed by atoms with Gasteiger partial charge in [-0.05, 0) is 35.4 Å². The van der Waals surface area contributed by atoms with Crippen LogP contribution in [0.3, 0.4) is 0 Å². The van der Waals surface area contributed by atoms with Crippen LogP contribution in [0.5, 0.6) is 5.75 Å². The first-order valence-corrected chi connectivity index (χ1v) is 8.18. The minimum atomic E-state index is 0.594. The molecule has 0 aliphatic heterocycles. The molecule has 1 N–H and O–H groups in total. The Morgan fingerprint density at radius 1 is 0.885 bits per heavy atom. The summed E-state index contributed by atoms with van der Waals surface area (Å²) in [6, 6.07) is 14.1. The van der Waals surface area contributed by atoms with Crippen LogP contribution in [0.25, 0.3) is 33.4 Å². The van der Waals surface area contributed by atoms with Gasteiger partial charge in [0.15, 0.2) is 5.82 Å². The number of fused-ring (bicyclic) bond motifs is 1. The topological polar surface area (TPSA) is 72.8 Å². The molecule has 26 heavy (non-hydrogen) atoms. The fraction of sp³-hybridized carbons (Fsp3) is 0.100. The molecule has 6 nitrogen and oxygen atoms in total. The Bertz CT molecular complexity index is 1070. The minimum absolute atomic E-state index is 0.594. The van der Waals surface area contributed by atoms with Crippen LogP contribution in [-0.2, 0) is 0 Å². The molecular formula is C20H17N5O. The van der Waals surface area contributed by atoms with E-state index in [9.17, 15) is 0 Å². The minimum Gasteiger partial charge on any atom is -0.497 e. The van der Waals surface area contributed by atoms with Crippen LogP contribution in [0.15, 0.2) is 61.2 Å². The molecule has 0 fully saturated rings. The van der Waals surface area contributed by atoms with Crippen molar-refractivity contribution in [3.8, 4) is 28.3 Å². The molecule has 0 radical (unpaired) electrons. The molecule has 2 aromatic heterocycles. The van der Waals surface area contributed by atoms with Crippen molar-refractivity contribution in [3.05, 3.63) is 61.2 Å². The zero-order valence-electron chi connectivity index (χ0n) is 14.5. The molecule has 2 aromatic carbocycles. The lowest BCUT2D eigenvalue weighted by Gasteiger charge is -2.10. The lowest BCUT2D eigenvalue weighted by atomic mass is 10.0. The van der Waals surface area contributed by atoms with Crippen molar-refractivity contribution in [3.63, 3.8) is 0 Å². The van der Waals surface area contributed by atoms with Gasteiger partial charge in [0.05, 0.1) is 18.2 Å². The second-order valence-electron chi connectivity index (χ2n) is 5.74. The number of aromatic nitrogens is 4. The number of methoxy groups -OCH3 is 1. The van der Waals surface area contributed by atoms with Gasteiger partial charge in [-0.2, -0.15) is 0 Å². The molecule has 6 heteroatoms. The molecule has 0 amide bonds. The van der Waals surface area contributed by atoms with Crippen LogP contribution in [0.1, 0.15) is 0 Å². The summed E-state index contributed by atoms with van der Waals surface area (Å²) in [5, 5.41) is 4.12. The van der Waals surface area contributed by atoms with Gasteiger partial charge in [0, 0.05) is 24.8 Å². The van der Waals surface area contributed by atoms with E-state index in [0.29, 0.717) is 5.82 Å². The molecule has 0 aliphatic rings. The number of anilines is 1. The molecule has 0 saturated heterocycles. The van der Waals surface area contributed by atoms with Crippen molar-refractivity contribution in [2.75, 3.05) is 19.5 Å². The second kappa shape index (κ2) is 6.76. The SMILES string of the molecule is CNc1nc(-c2cncnc2)nc2ccc(-c3cccc(OC)c3)cc12. The third kappa shape index (κ3) is 2.93. The molecule has 4 aromatic rings. The highest BCUT2D eigenvalue weighted by Gasteiger charge is 2.10. The highest BCUT2D eigenvalue weighted by Crippen LogP contribution is 2.30. The van der Waals surface area contributed by atoms with Crippen LogP contribution in [0.2, 0.25) is 0 Å². The fourth-order valence-corrected chi connectivity index (χ4v) is 2.84. The number of rotatable bonds is 4. The summed E-state index contributed by atoms with van der Waals surface area (Å²) in [5.41, 5.74) is 3.79. The van der Waals surface area contributed by atoms with Crippen molar-refractivity contribution >= 4 is 16.7 Å². The predicted octanol–water partition coefficient (Wildman–Crippen LogP) is 3.80. The standard InChI is InChI=1S/C20H17N5O/c1-21-20-17-9-14(13-4-3-5-16(8-13)26-2)6-7-18(17)24-19(25-20)15-10-22-12-23-11-15/h3-12H,1-2H3,(H,21,24,25). The van der Waals surface area contributed by atoms with Crippen LogP contribution < -0.4 is 10.1 Å². The van der Waals surface area contributed by atoms with Gasteiger partial charge in [0.1, 0.15) is 17.9 Å². The zero-order chi connectivity index (χ0) is 17.9. The van der Waals surface area contributed by atoms with Crippen molar-refractivity contribution in [1.29, 1.82) is 0 Å². The fourth-order valence-electron chi connectivity index (χ4n) is 2.84. The van der Waals surface area contributed by atoms with Gasteiger partial charge in [0.2, 0.25) is 0 Å². The lowest BCUT2D eigenvalue weighted by Crippen LogP contribution is -1.99. The molecule has 0 bridgehead atoms. The summed E-state index contributed by atoms with van der Waals surface area (Å²) >= 11 is 0. The Morgan fingerprint density at radius 3 is 2.46 bits per heavy atom. The van der Waals surface area contributed by atoms with Gasteiger partial charge < -0.3 is 10.1 Å². The summed E-state index contributed by atoms with van der Waals surface area (Å²) in [7, 11) is 3.52. The van der Waals surface area contributed by atoms with E-state index in [4.69, 9.17) is 4.74 Å². The molecule has 0 spiro atoms. The van der Waals surface area contributed by atoms with Crippen LogP contribution in [0.4, 0.5) is 5.82 Å². The number of benzene rings is 2. The van der Waals surface area contributed by atoms with Gasteiger partial charge in [-0.25, -0.2) is 19.9 Å². The van der Waals surface area contributed by atoms with E-state index in [2.05, 4.69) is 43.5 Å². The van der Waals surface area contributed by atoms with Crippen LogP contribution in [-0.4, -0.2) is 34.1 Å². The largest absolute Gasteiger partial charge is 0.497 e. The summed E-state index contributed by atoms with van der Waals surface area (Å²) in [5.74, 6) is 2.18. The van der Waals surface area contributed by atoms with Crippen molar-refractivity contribution in [2.45, 2.75) is 0 Å². The maximum Gasteiger partial charge on any atom is 0.165 e.